The molecule has 5 heteroatoms. The Labute approximate surface area is 316 Å². The number of imidazole rings is 1. The molecule has 11 aromatic rings. The Morgan fingerprint density at radius 1 is 0.491 bits per heavy atom. The van der Waals surface area contributed by atoms with Gasteiger partial charge in [-0.15, -0.1) is 0 Å². The van der Waals surface area contributed by atoms with Crippen LogP contribution in [-0.2, 0) is 6.42 Å². The van der Waals surface area contributed by atoms with Crippen LogP contribution in [0.1, 0.15) is 11.1 Å². The van der Waals surface area contributed by atoms with Gasteiger partial charge in [-0.25, -0.2) is 15.0 Å². The number of hydrogen-bond donors (Lipinski definition) is 0. The van der Waals surface area contributed by atoms with E-state index in [1.165, 1.54) is 38.2 Å². The van der Waals surface area contributed by atoms with Gasteiger partial charge in [-0.05, 0) is 81.2 Å². The van der Waals surface area contributed by atoms with Gasteiger partial charge in [0.15, 0.2) is 0 Å². The average molecular weight is 702 g/mol. The fourth-order valence-corrected chi connectivity index (χ4v) is 8.74. The predicted molar refractivity (Wildman–Crippen MR) is 227 cm³/mol. The fraction of sp³-hybridized carbons (Fsp3) is 0.0200. The van der Waals surface area contributed by atoms with Gasteiger partial charge in [-0.2, -0.15) is 0 Å². The normalized spacial score (nSPS) is 12.6. The zero-order chi connectivity index (χ0) is 36.0. The maximum atomic E-state index is 5.41. The fourth-order valence-electron chi connectivity index (χ4n) is 8.74. The lowest BCUT2D eigenvalue weighted by Gasteiger charge is -2.14. The van der Waals surface area contributed by atoms with Crippen LogP contribution in [0, 0.1) is 0 Å². The molecule has 0 bridgehead atoms. The van der Waals surface area contributed by atoms with Crippen LogP contribution < -0.4 is 0 Å². The van der Waals surface area contributed by atoms with Gasteiger partial charge in [0.2, 0.25) is 5.95 Å². The van der Waals surface area contributed by atoms with E-state index in [4.69, 9.17) is 15.0 Å². The minimum Gasteiger partial charge on any atom is -0.297 e. The molecule has 0 saturated heterocycles. The summed E-state index contributed by atoms with van der Waals surface area (Å²) in [5, 5.41) is 7.15. The van der Waals surface area contributed by atoms with Crippen molar-refractivity contribution in [1.29, 1.82) is 0 Å². The van der Waals surface area contributed by atoms with Gasteiger partial charge in [-0.1, -0.05) is 133 Å². The van der Waals surface area contributed by atoms with Crippen LogP contribution in [0.25, 0.3) is 106 Å². The number of allylic oxidation sites excluding steroid dienone is 1. The number of benzene rings is 7. The molecule has 4 heterocycles. The lowest BCUT2D eigenvalue weighted by molar-refractivity contribution is 0.991. The molecule has 7 aromatic carbocycles. The van der Waals surface area contributed by atoms with Gasteiger partial charge < -0.3 is 0 Å². The molecule has 5 nitrogen and oxygen atoms in total. The second-order valence-corrected chi connectivity index (χ2v) is 14.5. The minimum absolute atomic E-state index is 0.620. The van der Waals surface area contributed by atoms with Gasteiger partial charge in [0.05, 0.1) is 33.5 Å². The average Bonchev–Trinajstić information content (AvgIpc) is 3.77. The van der Waals surface area contributed by atoms with Crippen molar-refractivity contribution in [1.82, 2.24) is 23.9 Å². The Balaban J connectivity index is 1.15. The maximum absolute atomic E-state index is 5.41. The molecular weight excluding hydrogens is 671 g/mol. The van der Waals surface area contributed by atoms with Crippen LogP contribution in [0.3, 0.4) is 0 Å². The van der Waals surface area contributed by atoms with E-state index < -0.39 is 0 Å². The molecule has 0 unspecified atom stereocenters. The highest BCUT2D eigenvalue weighted by Crippen LogP contribution is 2.39. The number of rotatable bonds is 4. The van der Waals surface area contributed by atoms with E-state index in [-0.39, 0.29) is 0 Å². The van der Waals surface area contributed by atoms with Gasteiger partial charge in [0.25, 0.3) is 0 Å². The SMILES string of the molecule is C1=Cc2cc3nc4cc5c6ccccc6n(-c6nc(-c7cccc(-c8ccccc8)c7)cc(-c7ccc8ccccc8c7)n6)c5cn4c3c3cccc(c23)C1. The molecule has 0 N–H and O–H groups in total. The van der Waals surface area contributed by atoms with E-state index in [0.29, 0.717) is 5.95 Å². The van der Waals surface area contributed by atoms with Crippen molar-refractivity contribution in [2.45, 2.75) is 6.42 Å². The summed E-state index contributed by atoms with van der Waals surface area (Å²) in [6, 6.07) is 56.1. The zero-order valence-electron chi connectivity index (χ0n) is 29.7. The number of hydrogen-bond acceptors (Lipinski definition) is 3. The topological polar surface area (TPSA) is 48.0 Å². The lowest BCUT2D eigenvalue weighted by atomic mass is 9.92. The summed E-state index contributed by atoms with van der Waals surface area (Å²) in [7, 11) is 0. The highest BCUT2D eigenvalue weighted by Gasteiger charge is 2.21. The van der Waals surface area contributed by atoms with Crippen molar-refractivity contribution in [2.24, 2.45) is 0 Å². The molecule has 0 radical (unpaired) electrons. The van der Waals surface area contributed by atoms with E-state index in [0.717, 1.165) is 73.0 Å². The molecule has 4 aromatic heterocycles. The quantitative estimate of drug-likeness (QED) is 0.183. The molecule has 55 heavy (non-hydrogen) atoms. The largest absolute Gasteiger partial charge is 0.297 e. The summed E-state index contributed by atoms with van der Waals surface area (Å²) in [6.45, 7) is 0. The molecule has 256 valence electrons. The third kappa shape index (κ3) is 4.63. The number of fused-ring (bicyclic) bond motifs is 8. The number of nitrogens with zero attached hydrogens (tertiary/aromatic N) is 5. The first-order valence-electron chi connectivity index (χ1n) is 18.7. The third-order valence-electron chi connectivity index (χ3n) is 11.3. The summed E-state index contributed by atoms with van der Waals surface area (Å²) in [5.74, 6) is 0.620. The molecule has 0 amide bonds. The monoisotopic (exact) mass is 701 g/mol. The first-order valence-corrected chi connectivity index (χ1v) is 18.7. The Hall–Kier alpha value is -7.37. The minimum atomic E-state index is 0.620. The maximum Gasteiger partial charge on any atom is 0.235 e. The van der Waals surface area contributed by atoms with E-state index in [1.54, 1.807) is 0 Å². The molecular formula is C50H31N5. The van der Waals surface area contributed by atoms with E-state index >= 15 is 0 Å². The summed E-state index contributed by atoms with van der Waals surface area (Å²) in [6.07, 6.45) is 7.67. The second kappa shape index (κ2) is 11.6. The molecule has 12 rings (SSSR count). The van der Waals surface area contributed by atoms with E-state index in [9.17, 15) is 0 Å². The smallest absolute Gasteiger partial charge is 0.235 e. The lowest BCUT2D eigenvalue weighted by Crippen LogP contribution is -2.04. The van der Waals surface area contributed by atoms with E-state index in [1.807, 2.05) is 0 Å². The molecule has 0 atom stereocenters. The summed E-state index contributed by atoms with van der Waals surface area (Å²) in [4.78, 5) is 16.0. The second-order valence-electron chi connectivity index (χ2n) is 14.5. The molecule has 0 aliphatic heterocycles. The molecule has 1 aliphatic carbocycles. The van der Waals surface area contributed by atoms with Crippen molar-refractivity contribution in [3.05, 3.63) is 181 Å². The summed E-state index contributed by atoms with van der Waals surface area (Å²) >= 11 is 0. The predicted octanol–water partition coefficient (Wildman–Crippen LogP) is 12.3. The number of para-hydroxylation sites is 1. The van der Waals surface area contributed by atoms with Gasteiger partial charge in [-0.3, -0.25) is 8.97 Å². The van der Waals surface area contributed by atoms with Crippen molar-refractivity contribution in [3.8, 4) is 39.6 Å². The Bertz CT molecular complexity index is 3400. The molecule has 0 saturated carbocycles. The third-order valence-corrected chi connectivity index (χ3v) is 11.3. The van der Waals surface area contributed by atoms with Crippen LogP contribution in [0.15, 0.2) is 170 Å². The summed E-state index contributed by atoms with van der Waals surface area (Å²) < 4.78 is 4.50. The molecule has 0 spiro atoms. The zero-order valence-corrected chi connectivity index (χ0v) is 29.7. The first kappa shape index (κ1) is 30.1. The Morgan fingerprint density at radius 3 is 2.15 bits per heavy atom. The van der Waals surface area contributed by atoms with Crippen molar-refractivity contribution < 1.29 is 0 Å². The van der Waals surface area contributed by atoms with Crippen LogP contribution in [0.4, 0.5) is 0 Å². The van der Waals surface area contributed by atoms with Crippen molar-refractivity contribution >= 4 is 66.1 Å². The van der Waals surface area contributed by atoms with Crippen molar-refractivity contribution in [2.75, 3.05) is 0 Å². The number of pyridine rings is 1. The molecule has 0 fully saturated rings. The Kier molecular flexibility index (Phi) is 6.33. The van der Waals surface area contributed by atoms with Crippen LogP contribution >= 0.6 is 0 Å². The van der Waals surface area contributed by atoms with Crippen LogP contribution in [-0.4, -0.2) is 23.9 Å². The number of aromatic nitrogens is 5. The Morgan fingerprint density at radius 2 is 1.24 bits per heavy atom. The highest BCUT2D eigenvalue weighted by molar-refractivity contribution is 6.14. The first-order chi connectivity index (χ1) is 27.2. The van der Waals surface area contributed by atoms with Gasteiger partial charge >= 0.3 is 0 Å². The standard InChI is InChI=1S/C50H31N5/c1-2-11-31(12-3-1)35-17-9-18-36(25-35)42-29-43(37-24-23-32-13-4-5-14-34(32)26-37)53-50(52-42)55-45-22-7-6-20-39(45)41-28-47-51-44-27-38-19-8-15-33-16-10-21-40(48(33)38)49(44)54(47)30-46(41)55/h1-14,16-30H,15H2. The highest BCUT2D eigenvalue weighted by atomic mass is 15.2. The van der Waals surface area contributed by atoms with Gasteiger partial charge in [0.1, 0.15) is 5.65 Å². The molecule has 1 aliphatic rings. The van der Waals surface area contributed by atoms with Crippen molar-refractivity contribution in [3.63, 3.8) is 0 Å². The van der Waals surface area contributed by atoms with Crippen LogP contribution in [0.2, 0.25) is 0 Å². The van der Waals surface area contributed by atoms with Gasteiger partial charge in [0, 0.05) is 33.5 Å². The summed E-state index contributed by atoms with van der Waals surface area (Å²) in [5.41, 5.74) is 13.8. The van der Waals surface area contributed by atoms with E-state index in [2.05, 4.69) is 185 Å². The van der Waals surface area contributed by atoms with Crippen LogP contribution in [0.5, 0.6) is 0 Å².